The molecule has 3 N–H and O–H groups in total. The van der Waals surface area contributed by atoms with E-state index < -0.39 is 35.9 Å². The zero-order chi connectivity index (χ0) is 34.1. The first kappa shape index (κ1) is 32.1. The summed E-state index contributed by atoms with van der Waals surface area (Å²) in [5, 5.41) is 22.4. The molecule has 5 aliphatic heterocycles. The van der Waals surface area contributed by atoms with Gasteiger partial charge in [-0.05, 0) is 52.3 Å². The van der Waals surface area contributed by atoms with Crippen LogP contribution in [-0.4, -0.2) is 83.7 Å². The molecular formula is C37H41N3O8. The van der Waals surface area contributed by atoms with Crippen molar-refractivity contribution in [3.05, 3.63) is 70.4 Å². The Kier molecular flexibility index (Phi) is 7.75. The molecule has 4 atom stereocenters. The third kappa shape index (κ3) is 5.02. The van der Waals surface area contributed by atoms with E-state index in [0.29, 0.717) is 17.7 Å². The third-order valence-electron chi connectivity index (χ3n) is 11.7. The number of esters is 1. The molecular weight excluding hydrogens is 614 g/mol. The Morgan fingerprint density at radius 2 is 1.83 bits per heavy atom. The lowest BCUT2D eigenvalue weighted by atomic mass is 9.68. The second kappa shape index (κ2) is 11.6. The highest BCUT2D eigenvalue weighted by atomic mass is 16.5. The van der Waals surface area contributed by atoms with Crippen LogP contribution < -0.4 is 15.6 Å². The van der Waals surface area contributed by atoms with Gasteiger partial charge in [-0.3, -0.25) is 9.59 Å². The lowest BCUT2D eigenvalue weighted by molar-refractivity contribution is -0.957. The van der Waals surface area contributed by atoms with Crippen LogP contribution in [0.4, 0.5) is 0 Å². The lowest BCUT2D eigenvalue weighted by Crippen LogP contribution is -2.64. The summed E-state index contributed by atoms with van der Waals surface area (Å²) in [5.41, 5.74) is 11.1. The molecule has 252 valence electrons. The fraction of sp³-hybridized carbons (Fsp3) is 0.459. The van der Waals surface area contributed by atoms with E-state index in [2.05, 4.69) is 18.2 Å². The molecule has 4 saturated heterocycles. The van der Waals surface area contributed by atoms with Crippen molar-refractivity contribution in [2.24, 2.45) is 23.0 Å². The first-order valence-electron chi connectivity index (χ1n) is 16.7. The van der Waals surface area contributed by atoms with Crippen LogP contribution in [0.5, 0.6) is 5.75 Å². The molecule has 5 heterocycles. The fourth-order valence-corrected chi connectivity index (χ4v) is 9.13. The van der Waals surface area contributed by atoms with Gasteiger partial charge < -0.3 is 39.6 Å². The van der Waals surface area contributed by atoms with E-state index in [1.54, 1.807) is 0 Å². The van der Waals surface area contributed by atoms with E-state index in [-0.39, 0.29) is 29.5 Å². The number of carbonyl (C=O) groups is 4. The Morgan fingerprint density at radius 1 is 1.12 bits per heavy atom. The molecule has 2 aromatic carbocycles. The molecule has 0 spiro atoms. The highest BCUT2D eigenvalue weighted by Gasteiger charge is 2.58. The Morgan fingerprint density at radius 3 is 2.46 bits per heavy atom. The first-order chi connectivity index (χ1) is 22.9. The maximum absolute atomic E-state index is 12.8. The average Bonchev–Trinajstić information content (AvgIpc) is 3.49. The number of methoxy groups -OCH3 is 1. The van der Waals surface area contributed by atoms with Crippen molar-refractivity contribution in [3.63, 3.8) is 0 Å². The predicted octanol–water partition coefficient (Wildman–Crippen LogP) is 1.89. The van der Waals surface area contributed by atoms with E-state index >= 15 is 0 Å². The molecule has 0 saturated carbocycles. The van der Waals surface area contributed by atoms with Gasteiger partial charge in [-0.2, -0.15) is 0 Å². The van der Waals surface area contributed by atoms with Crippen LogP contribution in [0, 0.1) is 17.3 Å². The smallest absolute Gasteiger partial charge is 0.331 e. The molecule has 4 fully saturated rings. The average molecular weight is 656 g/mol. The standard InChI is InChI=1S/C37H41N3O8/c1-20-27(34(36(45)46)39-33(20)31(21(2)41)35(39)44)19-48-28-6-4-5-23-26(16-30(43)47-3)25-15-22(7-8-24(25)32(23)28)18-40-12-9-37(10-13-40,11-14-40)17-29(38)42/h4-8,15-16,20-21,31,33,41H,9-14,17-19H2,1-3H3,(H2-,38,42,45,46)/b26-16+/t20-,21?,31?,33?,37?,40?/m0/s1. The number of aliphatic carboxylic acids is 1. The Bertz CT molecular complexity index is 1780. The van der Waals surface area contributed by atoms with Gasteiger partial charge in [-0.25, -0.2) is 4.79 Å². The monoisotopic (exact) mass is 655 g/mol. The number of ether oxygens (including phenoxy) is 2. The van der Waals surface area contributed by atoms with Gasteiger partial charge in [0.15, 0.2) is 0 Å². The number of piperidine rings is 3. The number of carboxylic acids is 1. The second-order valence-electron chi connectivity index (χ2n) is 14.4. The van der Waals surface area contributed by atoms with Crippen molar-refractivity contribution in [2.75, 3.05) is 33.4 Å². The number of β-lactam (4-membered cyclic amide) rings is 1. The van der Waals surface area contributed by atoms with E-state index in [9.17, 15) is 29.4 Å². The molecule has 11 heteroatoms. The number of aliphatic hydroxyl groups is 1. The zero-order valence-electron chi connectivity index (χ0n) is 27.5. The molecule has 2 amide bonds. The number of fused-ring (bicyclic) bond motifs is 7. The van der Waals surface area contributed by atoms with Gasteiger partial charge in [-0.1, -0.05) is 31.2 Å². The highest BCUT2D eigenvalue weighted by molar-refractivity contribution is 6.08. The SMILES string of the molecule is COC(=O)/C=C1/c2cc(C[N+]34CCC(CC(N)=O)(CC3)CC4)ccc2-c2c(OCC3=C(C(=O)[O-])N4C(=O)C(C(C)O)C4[C@H]3C)cccc21. The summed E-state index contributed by atoms with van der Waals surface area (Å²) in [4.78, 5) is 50.6. The van der Waals surface area contributed by atoms with Crippen molar-refractivity contribution < 1.29 is 43.3 Å². The second-order valence-corrected chi connectivity index (χ2v) is 14.4. The van der Waals surface area contributed by atoms with Gasteiger partial charge in [0, 0.05) is 48.8 Å². The predicted molar refractivity (Wildman–Crippen MR) is 172 cm³/mol. The Hall–Kier alpha value is -4.48. The Balaban J connectivity index is 1.19. The number of amides is 2. The van der Waals surface area contributed by atoms with Crippen LogP contribution in [0.3, 0.4) is 0 Å². The summed E-state index contributed by atoms with van der Waals surface area (Å²) in [7, 11) is 1.34. The van der Waals surface area contributed by atoms with Crippen LogP contribution >= 0.6 is 0 Å². The summed E-state index contributed by atoms with van der Waals surface area (Å²) < 4.78 is 12.4. The molecule has 0 aromatic heterocycles. The number of carbonyl (C=O) groups excluding carboxylic acids is 4. The molecule has 2 aromatic rings. The number of carboxylic acid groups (broad SMARTS) is 1. The molecule has 0 radical (unpaired) electrons. The van der Waals surface area contributed by atoms with Crippen LogP contribution in [-0.2, 0) is 30.5 Å². The summed E-state index contributed by atoms with van der Waals surface area (Å²) in [6.07, 6.45) is 4.01. The number of nitrogens with zero attached hydrogens (tertiary/aromatic N) is 2. The van der Waals surface area contributed by atoms with Gasteiger partial charge in [0.2, 0.25) is 11.8 Å². The van der Waals surface area contributed by atoms with E-state index in [0.717, 1.165) is 83.3 Å². The number of aliphatic hydroxyl groups excluding tert-OH is 1. The largest absolute Gasteiger partial charge is 0.543 e. The van der Waals surface area contributed by atoms with Gasteiger partial charge >= 0.3 is 5.97 Å². The van der Waals surface area contributed by atoms with E-state index in [1.165, 1.54) is 25.0 Å². The maximum Gasteiger partial charge on any atom is 0.331 e. The number of benzene rings is 2. The van der Waals surface area contributed by atoms with Crippen molar-refractivity contribution in [2.45, 2.75) is 58.2 Å². The van der Waals surface area contributed by atoms with Crippen LogP contribution in [0.2, 0.25) is 0 Å². The number of hydrogen-bond acceptors (Lipinski definition) is 8. The van der Waals surface area contributed by atoms with Crippen molar-refractivity contribution >= 4 is 29.3 Å². The van der Waals surface area contributed by atoms with E-state index in [4.69, 9.17) is 15.2 Å². The summed E-state index contributed by atoms with van der Waals surface area (Å²) >= 11 is 0. The summed E-state index contributed by atoms with van der Waals surface area (Å²) in [5.74, 6) is -3.10. The maximum atomic E-state index is 12.8. The minimum absolute atomic E-state index is 0.0394. The number of nitrogens with two attached hydrogens (primary N) is 1. The van der Waals surface area contributed by atoms with E-state index in [1.807, 2.05) is 25.1 Å². The minimum atomic E-state index is -1.45. The van der Waals surface area contributed by atoms with Crippen LogP contribution in [0.15, 0.2) is 53.7 Å². The minimum Gasteiger partial charge on any atom is -0.543 e. The Labute approximate surface area is 279 Å². The van der Waals surface area contributed by atoms with Crippen molar-refractivity contribution in [1.82, 2.24) is 4.90 Å². The number of hydrogen-bond donors (Lipinski definition) is 2. The van der Waals surface area contributed by atoms with Crippen LogP contribution in [0.1, 0.15) is 56.2 Å². The fourth-order valence-electron chi connectivity index (χ4n) is 9.13. The lowest BCUT2D eigenvalue weighted by Gasteiger charge is -2.54. The highest BCUT2D eigenvalue weighted by Crippen LogP contribution is 2.52. The van der Waals surface area contributed by atoms with Gasteiger partial charge in [0.25, 0.3) is 0 Å². The third-order valence-corrected chi connectivity index (χ3v) is 11.7. The zero-order valence-corrected chi connectivity index (χ0v) is 27.5. The molecule has 6 aliphatic rings. The molecule has 48 heavy (non-hydrogen) atoms. The van der Waals surface area contributed by atoms with Gasteiger partial charge in [0.05, 0.1) is 56.5 Å². The molecule has 1 aliphatic carbocycles. The van der Waals surface area contributed by atoms with Crippen LogP contribution in [0.25, 0.3) is 16.7 Å². The quantitative estimate of drug-likeness (QED) is 0.145. The molecule has 8 rings (SSSR count). The number of primary amides is 1. The number of rotatable bonds is 10. The first-order valence-corrected chi connectivity index (χ1v) is 16.7. The van der Waals surface area contributed by atoms with Crippen molar-refractivity contribution in [3.8, 4) is 16.9 Å². The van der Waals surface area contributed by atoms with Gasteiger partial charge in [0.1, 0.15) is 18.9 Å². The normalized spacial score (nSPS) is 29.7. The summed E-state index contributed by atoms with van der Waals surface area (Å²) in [6, 6.07) is 11.4. The molecule has 3 unspecified atom stereocenters. The summed E-state index contributed by atoms with van der Waals surface area (Å²) in [6.45, 7) is 7.12. The van der Waals surface area contributed by atoms with Gasteiger partial charge in [-0.15, -0.1) is 0 Å². The molecule has 2 bridgehead atoms. The van der Waals surface area contributed by atoms with Crippen molar-refractivity contribution in [1.29, 1.82) is 0 Å². The number of quaternary nitrogens is 1. The topological polar surface area (TPSA) is 159 Å². The molecule has 11 nitrogen and oxygen atoms in total.